The highest BCUT2D eigenvalue weighted by Crippen LogP contribution is 2.31. The highest BCUT2D eigenvalue weighted by molar-refractivity contribution is 5.94. The molecule has 0 spiro atoms. The summed E-state index contributed by atoms with van der Waals surface area (Å²) >= 11 is 0. The molecule has 3 rings (SSSR count). The van der Waals surface area contributed by atoms with E-state index in [1.54, 1.807) is 12.1 Å². The van der Waals surface area contributed by atoms with Crippen molar-refractivity contribution in [1.82, 2.24) is 0 Å². The fourth-order valence-electron chi connectivity index (χ4n) is 2.76. The zero-order valence-corrected chi connectivity index (χ0v) is 14.6. The molecular formula is C20H20N5O2+. The van der Waals surface area contributed by atoms with Gasteiger partial charge in [0.25, 0.3) is 11.5 Å². The van der Waals surface area contributed by atoms with Gasteiger partial charge in [-0.3, -0.25) is 21.7 Å². The lowest BCUT2D eigenvalue weighted by atomic mass is 10.0. The van der Waals surface area contributed by atoms with Gasteiger partial charge < -0.3 is 5.32 Å². The summed E-state index contributed by atoms with van der Waals surface area (Å²) < 4.78 is 0. The van der Waals surface area contributed by atoms with Crippen LogP contribution in [0, 0.1) is 10.1 Å². The predicted molar refractivity (Wildman–Crippen MR) is 106 cm³/mol. The van der Waals surface area contributed by atoms with Crippen molar-refractivity contribution in [3.8, 4) is 11.1 Å². The van der Waals surface area contributed by atoms with Crippen LogP contribution in [0.5, 0.6) is 0 Å². The van der Waals surface area contributed by atoms with E-state index in [1.807, 2.05) is 54.6 Å². The minimum atomic E-state index is -0.391. The highest BCUT2D eigenvalue weighted by Gasteiger charge is 2.15. The number of nitrogens with one attached hydrogen (secondary N) is 2. The molecule has 0 bridgehead atoms. The number of nitrogens with two attached hydrogens (primary N) is 2. The molecule has 0 amide bonds. The fraction of sp³-hybridized carbons (Fsp3) is 0.0500. The third-order valence-corrected chi connectivity index (χ3v) is 4.18. The molecule has 0 atom stereocenters. The molecule has 3 aromatic rings. The first kappa shape index (κ1) is 17.9. The van der Waals surface area contributed by atoms with Gasteiger partial charge in [0.05, 0.1) is 10.5 Å². The Hall–Kier alpha value is -3.87. The van der Waals surface area contributed by atoms with Crippen LogP contribution in [0.2, 0.25) is 0 Å². The number of hydrogen-bond donors (Lipinski definition) is 4. The molecule has 0 aliphatic carbocycles. The van der Waals surface area contributed by atoms with Gasteiger partial charge in [-0.15, -0.1) is 0 Å². The van der Waals surface area contributed by atoms with E-state index < -0.39 is 4.92 Å². The maximum atomic E-state index is 11.4. The molecule has 0 fully saturated rings. The third kappa shape index (κ3) is 4.21. The summed E-state index contributed by atoms with van der Waals surface area (Å²) in [6, 6.07) is 22.2. The van der Waals surface area contributed by atoms with Gasteiger partial charge in [-0.25, -0.2) is 0 Å². The van der Waals surface area contributed by atoms with Crippen molar-refractivity contribution in [2.75, 3.05) is 5.32 Å². The second-order valence-electron chi connectivity index (χ2n) is 5.97. The Kier molecular flexibility index (Phi) is 5.32. The molecule has 27 heavy (non-hydrogen) atoms. The zero-order valence-electron chi connectivity index (χ0n) is 14.6. The van der Waals surface area contributed by atoms with E-state index in [-0.39, 0.29) is 5.69 Å². The van der Waals surface area contributed by atoms with Gasteiger partial charge in [0.2, 0.25) is 0 Å². The van der Waals surface area contributed by atoms with Gasteiger partial charge >= 0.3 is 0 Å². The van der Waals surface area contributed by atoms with Crippen molar-refractivity contribution in [3.63, 3.8) is 0 Å². The van der Waals surface area contributed by atoms with Gasteiger partial charge in [0.1, 0.15) is 5.69 Å². The number of nitro groups is 1. The molecule has 136 valence electrons. The quantitative estimate of drug-likeness (QED) is 0.174. The van der Waals surface area contributed by atoms with E-state index >= 15 is 0 Å². The second-order valence-corrected chi connectivity index (χ2v) is 5.97. The van der Waals surface area contributed by atoms with Crippen LogP contribution in [0.15, 0.2) is 72.8 Å². The van der Waals surface area contributed by atoms with Gasteiger partial charge in [-0.05, 0) is 41.0 Å². The molecule has 0 aliphatic rings. The Morgan fingerprint density at radius 2 is 1.74 bits per heavy atom. The Morgan fingerprint density at radius 3 is 2.44 bits per heavy atom. The van der Waals surface area contributed by atoms with Crippen LogP contribution in [0.25, 0.3) is 11.1 Å². The Balaban J connectivity index is 1.95. The molecule has 0 heterocycles. The summed E-state index contributed by atoms with van der Waals surface area (Å²) in [5.74, 6) is 5.72. The van der Waals surface area contributed by atoms with Crippen LogP contribution in [-0.4, -0.2) is 10.8 Å². The number of benzene rings is 3. The van der Waals surface area contributed by atoms with Crippen molar-refractivity contribution in [1.29, 1.82) is 0 Å². The minimum absolute atomic E-state index is 0.0283. The third-order valence-electron chi connectivity index (χ3n) is 4.18. The lowest BCUT2D eigenvalue weighted by Gasteiger charge is -2.10. The average Bonchev–Trinajstić information content (AvgIpc) is 2.72. The van der Waals surface area contributed by atoms with Crippen molar-refractivity contribution >= 4 is 17.2 Å². The maximum absolute atomic E-state index is 11.4. The van der Waals surface area contributed by atoms with Gasteiger partial charge in [0, 0.05) is 12.6 Å². The number of hydrazine groups is 1. The number of hydrazone groups is 1. The number of amidine groups is 1. The predicted octanol–water partition coefficient (Wildman–Crippen LogP) is 1.53. The number of hydrogen-bond acceptors (Lipinski definition) is 4. The summed E-state index contributed by atoms with van der Waals surface area (Å²) in [5.41, 5.74) is 9.81. The summed E-state index contributed by atoms with van der Waals surface area (Å²) in [6.45, 7) is 0.489. The molecule has 7 heteroatoms. The van der Waals surface area contributed by atoms with E-state index in [1.165, 1.54) is 6.07 Å². The Bertz CT molecular complexity index is 987. The largest absolute Gasteiger partial charge is 0.375 e. The molecule has 0 saturated carbocycles. The first-order valence-corrected chi connectivity index (χ1v) is 8.34. The van der Waals surface area contributed by atoms with Gasteiger partial charge in [-0.1, -0.05) is 42.5 Å². The molecule has 6 N–H and O–H groups in total. The standard InChI is InChI=1S/C20H19N5O2/c21-20(24-22)17-8-4-7-15(11-17)16-9-10-19(25(26)27)18(12-16)23-13-14-5-2-1-3-6-14/h1-12,23H,13,22H2,(H2,21,24)/p+1. The molecule has 0 radical (unpaired) electrons. The molecule has 0 aliphatic heterocycles. The molecule has 7 nitrogen and oxygen atoms in total. The summed E-state index contributed by atoms with van der Waals surface area (Å²) in [5, 5.41) is 17.0. The van der Waals surface area contributed by atoms with Gasteiger partial charge in [0.15, 0.2) is 0 Å². The normalized spacial score (nSPS) is 11.2. The summed E-state index contributed by atoms with van der Waals surface area (Å²) in [6.07, 6.45) is 0. The Morgan fingerprint density at radius 1 is 1.00 bits per heavy atom. The van der Waals surface area contributed by atoms with E-state index in [0.717, 1.165) is 22.3 Å². The van der Waals surface area contributed by atoms with Crippen LogP contribution in [0.4, 0.5) is 11.4 Å². The van der Waals surface area contributed by atoms with Crippen LogP contribution < -0.4 is 22.0 Å². The molecule has 0 aromatic heterocycles. The SMILES string of the molecule is N/[NH+]=C(\N)c1cccc(-c2ccc([N+](=O)[O-])c(NCc3ccccc3)c2)c1. The second kappa shape index (κ2) is 8.01. The highest BCUT2D eigenvalue weighted by atomic mass is 16.6. The Labute approximate surface area is 156 Å². The average molecular weight is 362 g/mol. The van der Waals surface area contributed by atoms with Crippen LogP contribution in [0.3, 0.4) is 0 Å². The molecular weight excluding hydrogens is 342 g/mol. The zero-order chi connectivity index (χ0) is 19.2. The maximum Gasteiger partial charge on any atom is 0.295 e. The molecule has 3 aromatic carbocycles. The summed E-state index contributed by atoms with van der Waals surface area (Å²) in [4.78, 5) is 11.0. The van der Waals surface area contributed by atoms with Crippen LogP contribution in [-0.2, 0) is 6.54 Å². The first-order chi connectivity index (χ1) is 13.1. The number of nitrogen functional groups attached to an aromatic ring is 1. The van der Waals surface area contributed by atoms with E-state index in [0.29, 0.717) is 18.1 Å². The van der Waals surface area contributed by atoms with Crippen LogP contribution in [0.1, 0.15) is 11.1 Å². The van der Waals surface area contributed by atoms with E-state index in [2.05, 4.69) is 10.4 Å². The smallest absolute Gasteiger partial charge is 0.295 e. The van der Waals surface area contributed by atoms with E-state index in [4.69, 9.17) is 11.6 Å². The molecule has 0 saturated heterocycles. The topological polar surface area (TPSA) is 121 Å². The number of nitro benzene ring substituents is 1. The summed E-state index contributed by atoms with van der Waals surface area (Å²) in [7, 11) is 0. The molecule has 0 unspecified atom stereocenters. The van der Waals surface area contributed by atoms with Crippen molar-refractivity contribution < 1.29 is 10.0 Å². The van der Waals surface area contributed by atoms with Crippen molar-refractivity contribution in [3.05, 3.63) is 94.0 Å². The number of anilines is 1. The lowest BCUT2D eigenvalue weighted by Crippen LogP contribution is -2.82. The van der Waals surface area contributed by atoms with Gasteiger partial charge in [-0.2, -0.15) is 5.10 Å². The minimum Gasteiger partial charge on any atom is -0.375 e. The first-order valence-electron chi connectivity index (χ1n) is 8.34. The monoisotopic (exact) mass is 362 g/mol. The fourth-order valence-corrected chi connectivity index (χ4v) is 2.76. The van der Waals surface area contributed by atoms with Crippen molar-refractivity contribution in [2.24, 2.45) is 11.6 Å². The number of nitrogens with zero attached hydrogens (tertiary/aromatic N) is 1. The van der Waals surface area contributed by atoms with Crippen molar-refractivity contribution in [2.45, 2.75) is 6.54 Å². The number of rotatable bonds is 6. The lowest BCUT2D eigenvalue weighted by molar-refractivity contribution is -0.469. The van der Waals surface area contributed by atoms with E-state index in [9.17, 15) is 10.1 Å². The van der Waals surface area contributed by atoms with Crippen LogP contribution >= 0.6 is 0 Å².